The molecular weight excluding hydrogens is 263 g/mol. The number of fused-ring (bicyclic) bond motifs is 2. The van der Waals surface area contributed by atoms with Crippen molar-refractivity contribution < 1.29 is 4.39 Å². The van der Waals surface area contributed by atoms with Crippen LogP contribution in [0.5, 0.6) is 0 Å². The number of hydrogen-bond acceptors (Lipinski definition) is 1. The van der Waals surface area contributed by atoms with Gasteiger partial charge in [0.15, 0.2) is 0 Å². The average molecular weight is 282 g/mol. The number of allylic oxidation sites excluding steroid dienone is 1. The third-order valence-corrected chi connectivity index (χ3v) is 5.49. The lowest BCUT2D eigenvalue weighted by Crippen LogP contribution is -2.27. The third-order valence-electron chi connectivity index (χ3n) is 5.49. The van der Waals surface area contributed by atoms with E-state index in [1.165, 1.54) is 36.2 Å². The van der Waals surface area contributed by atoms with E-state index < -0.39 is 0 Å². The monoisotopic (exact) mass is 282 g/mol. The van der Waals surface area contributed by atoms with Crippen molar-refractivity contribution in [1.29, 1.82) is 0 Å². The lowest BCUT2D eigenvalue weighted by molar-refractivity contribution is 0.294. The quantitative estimate of drug-likeness (QED) is 0.758. The van der Waals surface area contributed by atoms with Crippen LogP contribution < -0.4 is 0 Å². The minimum Gasteiger partial charge on any atom is -0.233 e. The number of aromatic nitrogens is 2. The molecule has 0 N–H and O–H groups in total. The molecule has 21 heavy (non-hydrogen) atoms. The first-order valence-corrected chi connectivity index (χ1v) is 7.62. The van der Waals surface area contributed by atoms with E-state index in [1.54, 1.807) is 17.7 Å². The summed E-state index contributed by atoms with van der Waals surface area (Å²) in [7, 11) is 0. The molecule has 0 amide bonds. The van der Waals surface area contributed by atoms with Crippen LogP contribution in [0.25, 0.3) is 11.8 Å². The molecule has 0 saturated heterocycles. The summed E-state index contributed by atoms with van der Waals surface area (Å²) in [6, 6.07) is 6.54. The van der Waals surface area contributed by atoms with Gasteiger partial charge in [-0.15, -0.1) is 0 Å². The molecule has 2 atom stereocenters. The molecule has 1 aromatic carbocycles. The summed E-state index contributed by atoms with van der Waals surface area (Å²) in [5.41, 5.74) is 5.24. The molecule has 0 radical (unpaired) electrons. The topological polar surface area (TPSA) is 17.8 Å². The van der Waals surface area contributed by atoms with Crippen molar-refractivity contribution in [2.24, 2.45) is 11.3 Å². The second-order valence-electron chi connectivity index (χ2n) is 6.65. The zero-order chi connectivity index (χ0) is 14.6. The van der Waals surface area contributed by atoms with Crippen molar-refractivity contribution in [3.63, 3.8) is 0 Å². The van der Waals surface area contributed by atoms with Gasteiger partial charge in [-0.25, -0.2) is 9.07 Å². The fourth-order valence-electron chi connectivity index (χ4n) is 3.85. The first-order chi connectivity index (χ1) is 10.1. The Bertz CT molecular complexity index is 726. The van der Waals surface area contributed by atoms with Gasteiger partial charge in [0.05, 0.1) is 17.6 Å². The smallest absolute Gasteiger partial charge is 0.123 e. The predicted molar refractivity (Wildman–Crippen MR) is 81.7 cm³/mol. The Morgan fingerprint density at radius 3 is 2.81 bits per heavy atom. The molecule has 1 fully saturated rings. The van der Waals surface area contributed by atoms with Crippen LogP contribution in [0.15, 0.2) is 36.0 Å². The predicted octanol–water partition coefficient (Wildman–Crippen LogP) is 4.39. The van der Waals surface area contributed by atoms with E-state index in [2.05, 4.69) is 25.0 Å². The highest BCUT2D eigenvalue weighted by molar-refractivity contribution is 5.61. The van der Waals surface area contributed by atoms with Crippen molar-refractivity contribution in [1.82, 2.24) is 9.78 Å². The maximum absolute atomic E-state index is 13.1. The van der Waals surface area contributed by atoms with Crippen molar-refractivity contribution in [2.75, 3.05) is 0 Å². The first kappa shape index (κ1) is 12.8. The van der Waals surface area contributed by atoms with Crippen LogP contribution in [0.3, 0.4) is 0 Å². The van der Waals surface area contributed by atoms with E-state index in [-0.39, 0.29) is 5.82 Å². The summed E-state index contributed by atoms with van der Waals surface area (Å²) >= 11 is 0. The fourth-order valence-corrected chi connectivity index (χ4v) is 3.85. The first-order valence-electron chi connectivity index (χ1n) is 7.62. The minimum absolute atomic E-state index is 0.213. The molecule has 1 aromatic heterocycles. The van der Waals surface area contributed by atoms with E-state index in [9.17, 15) is 4.39 Å². The van der Waals surface area contributed by atoms with Crippen molar-refractivity contribution in [3.8, 4) is 5.69 Å². The van der Waals surface area contributed by atoms with Crippen LogP contribution in [-0.2, 0) is 6.42 Å². The average Bonchev–Trinajstić information content (AvgIpc) is 2.99. The molecule has 2 aliphatic rings. The largest absolute Gasteiger partial charge is 0.233 e. The highest BCUT2D eigenvalue weighted by Gasteiger charge is 2.43. The Labute approximate surface area is 124 Å². The van der Waals surface area contributed by atoms with Gasteiger partial charge in [-0.1, -0.05) is 19.4 Å². The van der Waals surface area contributed by atoms with Gasteiger partial charge in [0.1, 0.15) is 5.82 Å². The minimum atomic E-state index is -0.213. The van der Waals surface area contributed by atoms with Crippen molar-refractivity contribution in [2.45, 2.75) is 33.1 Å². The van der Waals surface area contributed by atoms with E-state index in [0.717, 1.165) is 18.0 Å². The molecule has 108 valence electrons. The van der Waals surface area contributed by atoms with Crippen LogP contribution in [0, 0.1) is 17.2 Å². The van der Waals surface area contributed by atoms with Crippen LogP contribution in [0.4, 0.5) is 4.39 Å². The summed E-state index contributed by atoms with van der Waals surface area (Å²) in [5.74, 6) is 0.515. The maximum Gasteiger partial charge on any atom is 0.123 e. The summed E-state index contributed by atoms with van der Waals surface area (Å²) < 4.78 is 15.0. The highest BCUT2D eigenvalue weighted by Crippen LogP contribution is 2.52. The Morgan fingerprint density at radius 1 is 1.29 bits per heavy atom. The van der Waals surface area contributed by atoms with Gasteiger partial charge in [0.25, 0.3) is 0 Å². The number of hydrogen-bond donors (Lipinski definition) is 0. The Kier molecular flexibility index (Phi) is 2.62. The number of nitrogens with zero attached hydrogens (tertiary/aromatic N) is 2. The highest BCUT2D eigenvalue weighted by atomic mass is 19.1. The Balaban J connectivity index is 1.82. The molecule has 2 aromatic rings. The van der Waals surface area contributed by atoms with Crippen molar-refractivity contribution in [3.05, 3.63) is 53.1 Å². The molecule has 1 unspecified atom stereocenters. The fraction of sp³-hybridized carbons (Fsp3) is 0.389. The van der Waals surface area contributed by atoms with Crippen molar-refractivity contribution >= 4 is 6.08 Å². The molecule has 3 heteroatoms. The second kappa shape index (κ2) is 4.30. The normalized spacial score (nSPS) is 27.2. The zero-order valence-corrected chi connectivity index (χ0v) is 12.4. The molecule has 0 bridgehead atoms. The number of halogens is 1. The molecular formula is C18H19FN2. The maximum atomic E-state index is 13.1. The Morgan fingerprint density at radius 2 is 2.05 bits per heavy atom. The molecule has 0 spiro atoms. The molecule has 1 heterocycles. The molecule has 2 aliphatic carbocycles. The summed E-state index contributed by atoms with van der Waals surface area (Å²) in [6.45, 7) is 4.74. The standard InChI is InChI=1S/C18H19FN2/c1-12-3-4-14-9-17-13(10-18(12,14)2)11-20-21(17)16-7-5-15(19)6-8-16/h5-9,11-12H,3-4,10H2,1-2H3/t12-,18?/m0/s1. The van der Waals surface area contributed by atoms with E-state index in [4.69, 9.17) is 0 Å². The zero-order valence-electron chi connectivity index (χ0n) is 12.4. The lowest BCUT2D eigenvalue weighted by Gasteiger charge is -2.34. The van der Waals surface area contributed by atoms with E-state index in [1.807, 2.05) is 10.9 Å². The molecule has 0 aliphatic heterocycles. The molecule has 2 nitrogen and oxygen atoms in total. The van der Waals surface area contributed by atoms with Gasteiger partial charge in [-0.2, -0.15) is 5.10 Å². The molecule has 1 saturated carbocycles. The Hall–Kier alpha value is -1.90. The summed E-state index contributed by atoms with van der Waals surface area (Å²) in [5, 5.41) is 4.53. The van der Waals surface area contributed by atoms with Gasteiger partial charge in [0, 0.05) is 0 Å². The third kappa shape index (κ3) is 1.80. The van der Waals surface area contributed by atoms with Gasteiger partial charge in [-0.3, -0.25) is 0 Å². The van der Waals surface area contributed by atoms with Crippen LogP contribution in [0.1, 0.15) is 37.9 Å². The second-order valence-corrected chi connectivity index (χ2v) is 6.65. The number of rotatable bonds is 1. The van der Waals surface area contributed by atoms with Gasteiger partial charge < -0.3 is 0 Å². The van der Waals surface area contributed by atoms with Crippen LogP contribution in [-0.4, -0.2) is 9.78 Å². The van der Waals surface area contributed by atoms with Crippen LogP contribution in [0.2, 0.25) is 0 Å². The van der Waals surface area contributed by atoms with Gasteiger partial charge >= 0.3 is 0 Å². The summed E-state index contributed by atoms with van der Waals surface area (Å²) in [4.78, 5) is 0. The van der Waals surface area contributed by atoms with E-state index >= 15 is 0 Å². The van der Waals surface area contributed by atoms with Gasteiger partial charge in [-0.05, 0) is 66.5 Å². The number of benzene rings is 1. The van der Waals surface area contributed by atoms with Crippen LogP contribution >= 0.6 is 0 Å². The lowest BCUT2D eigenvalue weighted by atomic mass is 9.70. The summed E-state index contributed by atoms with van der Waals surface area (Å²) in [6.07, 6.45) is 7.82. The SMILES string of the molecule is C[C@H]1CCC2=Cc3c(cnn3-c3ccc(F)cc3)CC21C. The van der Waals surface area contributed by atoms with Gasteiger partial charge in [0.2, 0.25) is 0 Å². The molecule has 4 rings (SSSR count). The van der Waals surface area contributed by atoms with E-state index in [0.29, 0.717) is 5.41 Å².